The van der Waals surface area contributed by atoms with E-state index in [9.17, 15) is 0 Å². The summed E-state index contributed by atoms with van der Waals surface area (Å²) in [5.41, 5.74) is 7.94. The van der Waals surface area contributed by atoms with Gasteiger partial charge in [-0.15, -0.1) is 11.3 Å². The molecule has 0 spiro atoms. The lowest BCUT2D eigenvalue weighted by Gasteiger charge is -2.05. The van der Waals surface area contributed by atoms with Crippen LogP contribution in [0.2, 0.25) is 5.02 Å². The maximum Gasteiger partial charge on any atom is 0.0940 e. The molecule has 0 saturated carbocycles. The number of aromatic nitrogens is 1. The van der Waals surface area contributed by atoms with Gasteiger partial charge in [0.2, 0.25) is 0 Å². The maximum absolute atomic E-state index is 6.11. The molecule has 2 N–H and O–H groups in total. The molecule has 0 aliphatic heterocycles. The molecule has 0 aliphatic carbocycles. The Morgan fingerprint density at radius 1 is 1.41 bits per heavy atom. The Bertz CT molecular complexity index is 508. The summed E-state index contributed by atoms with van der Waals surface area (Å²) in [6.45, 7) is 2.71. The van der Waals surface area contributed by atoms with Crippen molar-refractivity contribution in [2.24, 2.45) is 5.73 Å². The van der Waals surface area contributed by atoms with Crippen LogP contribution in [0.4, 0.5) is 0 Å². The summed E-state index contributed by atoms with van der Waals surface area (Å²) in [6, 6.07) is 6.03. The van der Waals surface area contributed by atoms with Gasteiger partial charge in [0.25, 0.3) is 0 Å². The molecule has 0 aliphatic rings. The minimum absolute atomic E-state index is 0.656. The lowest BCUT2D eigenvalue weighted by atomic mass is 10.1. The third-order valence-corrected chi connectivity index (χ3v) is 4.17. The Labute approximate surface area is 110 Å². The second kappa shape index (κ2) is 5.63. The van der Waals surface area contributed by atoms with Crippen LogP contribution in [0.3, 0.4) is 0 Å². The highest BCUT2D eigenvalue weighted by atomic mass is 35.5. The van der Waals surface area contributed by atoms with Gasteiger partial charge in [0.15, 0.2) is 0 Å². The molecular formula is C13H15ClN2S. The van der Waals surface area contributed by atoms with Crippen molar-refractivity contribution in [1.29, 1.82) is 0 Å². The zero-order valence-corrected chi connectivity index (χ0v) is 11.3. The average Bonchev–Trinajstić information content (AvgIpc) is 2.73. The van der Waals surface area contributed by atoms with Crippen LogP contribution in [0.5, 0.6) is 0 Å². The third kappa shape index (κ3) is 3.06. The van der Waals surface area contributed by atoms with Crippen molar-refractivity contribution in [3.05, 3.63) is 50.4 Å². The standard InChI is InChI=1S/C13H15ClN2S/c1-9-10(3-2-4-12(9)14)7-11-8-16-13(17-11)5-6-15/h2-4,8H,5-7,15H2,1H3. The predicted octanol–water partition coefficient (Wildman–Crippen LogP) is 3.20. The zero-order chi connectivity index (χ0) is 12.3. The average molecular weight is 267 g/mol. The fraction of sp³-hybridized carbons (Fsp3) is 0.308. The van der Waals surface area contributed by atoms with Gasteiger partial charge in [-0.25, -0.2) is 4.98 Å². The number of benzene rings is 1. The topological polar surface area (TPSA) is 38.9 Å². The van der Waals surface area contributed by atoms with E-state index in [1.807, 2.05) is 18.3 Å². The second-order valence-electron chi connectivity index (χ2n) is 3.96. The van der Waals surface area contributed by atoms with Crippen LogP contribution in [0.25, 0.3) is 0 Å². The predicted molar refractivity (Wildman–Crippen MR) is 73.9 cm³/mol. The van der Waals surface area contributed by atoms with E-state index >= 15 is 0 Å². The van der Waals surface area contributed by atoms with Gasteiger partial charge in [0, 0.05) is 28.9 Å². The lowest BCUT2D eigenvalue weighted by molar-refractivity contribution is 0.952. The monoisotopic (exact) mass is 266 g/mol. The van der Waals surface area contributed by atoms with Crippen molar-refractivity contribution >= 4 is 22.9 Å². The minimum atomic E-state index is 0.656. The van der Waals surface area contributed by atoms with E-state index in [1.54, 1.807) is 11.3 Å². The first-order chi connectivity index (χ1) is 8.20. The molecule has 0 unspecified atom stereocenters. The molecule has 2 nitrogen and oxygen atoms in total. The Kier molecular flexibility index (Phi) is 4.15. The number of nitrogens with two attached hydrogens (primary N) is 1. The molecule has 0 atom stereocenters. The van der Waals surface area contributed by atoms with E-state index in [1.165, 1.54) is 10.4 Å². The number of nitrogens with zero attached hydrogens (tertiary/aromatic N) is 1. The normalized spacial score (nSPS) is 10.8. The molecule has 0 bridgehead atoms. The van der Waals surface area contributed by atoms with E-state index in [0.29, 0.717) is 6.54 Å². The van der Waals surface area contributed by atoms with E-state index in [4.69, 9.17) is 17.3 Å². The highest BCUT2D eigenvalue weighted by Gasteiger charge is 2.06. The molecule has 2 rings (SSSR count). The third-order valence-electron chi connectivity index (χ3n) is 2.70. The van der Waals surface area contributed by atoms with Crippen LogP contribution in [-0.2, 0) is 12.8 Å². The molecule has 1 aromatic carbocycles. The highest BCUT2D eigenvalue weighted by molar-refractivity contribution is 7.11. The molecular weight excluding hydrogens is 252 g/mol. The fourth-order valence-electron chi connectivity index (χ4n) is 1.70. The van der Waals surface area contributed by atoms with Crippen LogP contribution in [0.1, 0.15) is 21.0 Å². The van der Waals surface area contributed by atoms with Gasteiger partial charge in [-0.3, -0.25) is 0 Å². The smallest absolute Gasteiger partial charge is 0.0940 e. The maximum atomic E-state index is 6.11. The Balaban J connectivity index is 2.16. The second-order valence-corrected chi connectivity index (χ2v) is 5.57. The summed E-state index contributed by atoms with van der Waals surface area (Å²) >= 11 is 7.84. The first-order valence-electron chi connectivity index (χ1n) is 5.58. The van der Waals surface area contributed by atoms with Crippen LogP contribution >= 0.6 is 22.9 Å². The van der Waals surface area contributed by atoms with Gasteiger partial charge in [0.05, 0.1) is 5.01 Å². The molecule has 0 fully saturated rings. The minimum Gasteiger partial charge on any atom is -0.330 e. The highest BCUT2D eigenvalue weighted by Crippen LogP contribution is 2.23. The Hall–Kier alpha value is -0.900. The molecule has 2 aromatic rings. The van der Waals surface area contributed by atoms with Crippen molar-refractivity contribution < 1.29 is 0 Å². The van der Waals surface area contributed by atoms with Gasteiger partial charge in [-0.05, 0) is 30.7 Å². The molecule has 0 radical (unpaired) electrons. The molecule has 0 amide bonds. The molecule has 1 heterocycles. The van der Waals surface area contributed by atoms with Crippen LogP contribution < -0.4 is 5.73 Å². The van der Waals surface area contributed by atoms with Crippen molar-refractivity contribution in [1.82, 2.24) is 4.98 Å². The molecule has 90 valence electrons. The Morgan fingerprint density at radius 2 is 2.24 bits per heavy atom. The number of hydrogen-bond acceptors (Lipinski definition) is 3. The van der Waals surface area contributed by atoms with Crippen molar-refractivity contribution in [3.63, 3.8) is 0 Å². The van der Waals surface area contributed by atoms with Gasteiger partial charge in [-0.2, -0.15) is 0 Å². The van der Waals surface area contributed by atoms with Gasteiger partial charge in [-0.1, -0.05) is 23.7 Å². The number of thiazole rings is 1. The summed E-state index contributed by atoms with van der Waals surface area (Å²) in [5, 5.41) is 1.94. The molecule has 17 heavy (non-hydrogen) atoms. The van der Waals surface area contributed by atoms with E-state index in [0.717, 1.165) is 28.4 Å². The largest absolute Gasteiger partial charge is 0.330 e. The van der Waals surface area contributed by atoms with Crippen molar-refractivity contribution in [3.8, 4) is 0 Å². The number of hydrogen-bond donors (Lipinski definition) is 1. The summed E-state index contributed by atoms with van der Waals surface area (Å²) in [6.07, 6.45) is 3.70. The van der Waals surface area contributed by atoms with Crippen molar-refractivity contribution in [2.45, 2.75) is 19.8 Å². The SMILES string of the molecule is Cc1c(Cl)cccc1Cc1cnc(CCN)s1. The summed E-state index contributed by atoms with van der Waals surface area (Å²) in [7, 11) is 0. The molecule has 0 saturated heterocycles. The van der Waals surface area contributed by atoms with Crippen LogP contribution in [0, 0.1) is 6.92 Å². The first kappa shape index (κ1) is 12.6. The number of rotatable bonds is 4. The fourth-order valence-corrected chi connectivity index (χ4v) is 2.86. The summed E-state index contributed by atoms with van der Waals surface area (Å²) < 4.78 is 0. The van der Waals surface area contributed by atoms with Crippen LogP contribution in [-0.4, -0.2) is 11.5 Å². The van der Waals surface area contributed by atoms with Gasteiger partial charge in [0.1, 0.15) is 0 Å². The molecule has 4 heteroatoms. The Morgan fingerprint density at radius 3 is 3.00 bits per heavy atom. The summed E-state index contributed by atoms with van der Waals surface area (Å²) in [4.78, 5) is 5.62. The van der Waals surface area contributed by atoms with E-state index in [-0.39, 0.29) is 0 Å². The molecule has 1 aromatic heterocycles. The van der Waals surface area contributed by atoms with Gasteiger partial charge < -0.3 is 5.73 Å². The lowest BCUT2D eigenvalue weighted by Crippen LogP contribution is -2.01. The van der Waals surface area contributed by atoms with Crippen LogP contribution in [0.15, 0.2) is 24.4 Å². The first-order valence-corrected chi connectivity index (χ1v) is 6.78. The summed E-state index contributed by atoms with van der Waals surface area (Å²) in [5.74, 6) is 0. The van der Waals surface area contributed by atoms with E-state index < -0.39 is 0 Å². The quantitative estimate of drug-likeness (QED) is 0.923. The van der Waals surface area contributed by atoms with E-state index in [2.05, 4.69) is 18.0 Å². The van der Waals surface area contributed by atoms with Crippen molar-refractivity contribution in [2.75, 3.05) is 6.54 Å². The van der Waals surface area contributed by atoms with Gasteiger partial charge >= 0.3 is 0 Å². The number of halogens is 1. The zero-order valence-electron chi connectivity index (χ0n) is 9.74.